The maximum absolute atomic E-state index is 12.1. The van der Waals surface area contributed by atoms with Crippen LogP contribution in [-0.4, -0.2) is 19.2 Å². The second-order valence-electron chi connectivity index (χ2n) is 4.19. The van der Waals surface area contributed by atoms with E-state index in [9.17, 15) is 4.79 Å². The summed E-state index contributed by atoms with van der Waals surface area (Å²) in [7, 11) is 1.47. The van der Waals surface area contributed by atoms with Gasteiger partial charge in [-0.2, -0.15) is 5.10 Å². The highest BCUT2D eigenvalue weighted by Crippen LogP contribution is 2.24. The smallest absolute Gasteiger partial charge is 0.275 e. The molecular weight excluding hydrogens is 347 g/mol. The third kappa shape index (κ3) is 3.91. The van der Waals surface area contributed by atoms with E-state index in [1.807, 2.05) is 0 Å². The van der Waals surface area contributed by atoms with Crippen molar-refractivity contribution in [3.63, 3.8) is 0 Å². The molecule has 0 bridgehead atoms. The molecule has 1 amide bonds. The maximum Gasteiger partial charge on any atom is 0.275 e. The average Bonchev–Trinajstić information content (AvgIpc) is 2.51. The summed E-state index contributed by atoms with van der Waals surface area (Å²) in [5.41, 5.74) is 3.26. The third-order valence-electron chi connectivity index (χ3n) is 2.76. The Hall–Kier alpha value is -1.75. The molecule has 0 unspecified atom stereocenters. The van der Waals surface area contributed by atoms with Crippen LogP contribution in [0.15, 0.2) is 41.5 Å². The predicted octanol–water partition coefficient (Wildman–Crippen LogP) is 4.42. The van der Waals surface area contributed by atoms with Crippen LogP contribution in [0.5, 0.6) is 5.75 Å². The normalized spacial score (nSPS) is 10.7. The van der Waals surface area contributed by atoms with Gasteiger partial charge < -0.3 is 4.74 Å². The number of carbonyl (C=O) groups is 1. The minimum atomic E-state index is -0.450. The van der Waals surface area contributed by atoms with Crippen LogP contribution in [0.4, 0.5) is 0 Å². The van der Waals surface area contributed by atoms with Gasteiger partial charge in [-0.3, -0.25) is 4.79 Å². The Morgan fingerprint density at radius 2 is 2.00 bits per heavy atom. The summed E-state index contributed by atoms with van der Waals surface area (Å²) < 4.78 is 5.11. The molecule has 22 heavy (non-hydrogen) atoms. The van der Waals surface area contributed by atoms with Crippen molar-refractivity contribution >= 4 is 46.9 Å². The highest BCUT2D eigenvalue weighted by Gasteiger charge is 2.12. The fraction of sp³-hybridized carbons (Fsp3) is 0.0667. The van der Waals surface area contributed by atoms with E-state index in [-0.39, 0.29) is 5.56 Å². The van der Waals surface area contributed by atoms with E-state index in [2.05, 4.69) is 10.5 Å². The molecule has 0 radical (unpaired) electrons. The van der Waals surface area contributed by atoms with Crippen LogP contribution in [-0.2, 0) is 0 Å². The van der Waals surface area contributed by atoms with Crippen molar-refractivity contribution in [3.8, 4) is 5.75 Å². The Labute approximate surface area is 142 Å². The first-order chi connectivity index (χ1) is 10.5. The van der Waals surface area contributed by atoms with Gasteiger partial charge in [0.15, 0.2) is 0 Å². The van der Waals surface area contributed by atoms with E-state index >= 15 is 0 Å². The van der Waals surface area contributed by atoms with Crippen molar-refractivity contribution in [1.82, 2.24) is 5.43 Å². The highest BCUT2D eigenvalue weighted by molar-refractivity contribution is 6.43. The molecule has 0 aliphatic heterocycles. The van der Waals surface area contributed by atoms with Gasteiger partial charge in [0.05, 0.1) is 28.9 Å². The molecule has 4 nitrogen and oxygen atoms in total. The van der Waals surface area contributed by atoms with E-state index in [4.69, 9.17) is 39.5 Å². The average molecular weight is 358 g/mol. The maximum atomic E-state index is 12.1. The number of hydrazone groups is 1. The van der Waals surface area contributed by atoms with Crippen LogP contribution in [0.3, 0.4) is 0 Å². The lowest BCUT2D eigenvalue weighted by atomic mass is 10.2. The molecule has 114 valence electrons. The number of hydrogen-bond donors (Lipinski definition) is 1. The molecule has 2 aromatic rings. The monoisotopic (exact) mass is 356 g/mol. The van der Waals surface area contributed by atoms with E-state index in [0.717, 1.165) is 0 Å². The van der Waals surface area contributed by atoms with Gasteiger partial charge in [0.2, 0.25) is 0 Å². The van der Waals surface area contributed by atoms with Gasteiger partial charge in [-0.05, 0) is 24.3 Å². The molecule has 0 fully saturated rings. The molecular formula is C15H11Cl3N2O2. The molecule has 0 aliphatic carbocycles. The van der Waals surface area contributed by atoms with Crippen molar-refractivity contribution in [1.29, 1.82) is 0 Å². The number of halogens is 3. The molecule has 0 aliphatic rings. The number of ether oxygens (including phenoxy) is 1. The first kappa shape index (κ1) is 16.6. The Balaban J connectivity index is 2.15. The number of methoxy groups -OCH3 is 1. The fourth-order valence-corrected chi connectivity index (χ4v) is 2.23. The first-order valence-electron chi connectivity index (χ1n) is 6.14. The van der Waals surface area contributed by atoms with Crippen LogP contribution in [0.25, 0.3) is 0 Å². The standard InChI is InChI=1S/C15H11Cl3N2O2/c1-22-13-6-5-10(16)7-11(13)15(21)20-19-8-9-3-2-4-12(17)14(9)18/h2-8H,1H3,(H,20,21). The molecule has 0 saturated carbocycles. The number of nitrogens with zero attached hydrogens (tertiary/aromatic N) is 1. The number of carbonyl (C=O) groups excluding carboxylic acids is 1. The van der Waals surface area contributed by atoms with Gasteiger partial charge in [0.1, 0.15) is 5.75 Å². The van der Waals surface area contributed by atoms with Crippen LogP contribution in [0.1, 0.15) is 15.9 Å². The minimum Gasteiger partial charge on any atom is -0.496 e. The summed E-state index contributed by atoms with van der Waals surface area (Å²) in [6.45, 7) is 0. The summed E-state index contributed by atoms with van der Waals surface area (Å²) in [5, 5.41) is 5.06. The second-order valence-corrected chi connectivity index (χ2v) is 5.41. The predicted molar refractivity (Wildman–Crippen MR) is 89.5 cm³/mol. The summed E-state index contributed by atoms with van der Waals surface area (Å²) in [5.74, 6) is -0.0494. The lowest BCUT2D eigenvalue weighted by Crippen LogP contribution is -2.18. The van der Waals surface area contributed by atoms with Crippen molar-refractivity contribution < 1.29 is 9.53 Å². The van der Waals surface area contributed by atoms with E-state index in [1.165, 1.54) is 19.4 Å². The summed E-state index contributed by atoms with van der Waals surface area (Å²) in [4.78, 5) is 12.1. The third-order valence-corrected chi connectivity index (χ3v) is 3.83. The van der Waals surface area contributed by atoms with Crippen LogP contribution in [0.2, 0.25) is 15.1 Å². The number of amides is 1. The number of hydrogen-bond acceptors (Lipinski definition) is 3. The summed E-state index contributed by atoms with van der Waals surface area (Å²) in [6.07, 6.45) is 1.41. The second kappa shape index (κ2) is 7.49. The van der Waals surface area contributed by atoms with Gasteiger partial charge >= 0.3 is 0 Å². The molecule has 0 aromatic heterocycles. The van der Waals surface area contributed by atoms with E-state index < -0.39 is 5.91 Å². The number of benzene rings is 2. The zero-order chi connectivity index (χ0) is 16.1. The van der Waals surface area contributed by atoms with Crippen molar-refractivity contribution in [2.45, 2.75) is 0 Å². The molecule has 1 N–H and O–H groups in total. The van der Waals surface area contributed by atoms with Crippen molar-refractivity contribution in [3.05, 3.63) is 62.6 Å². The molecule has 0 spiro atoms. The zero-order valence-electron chi connectivity index (χ0n) is 11.4. The Morgan fingerprint density at radius 1 is 1.23 bits per heavy atom. The SMILES string of the molecule is COc1ccc(Cl)cc1C(=O)NN=Cc1cccc(Cl)c1Cl. The molecule has 0 saturated heterocycles. The quantitative estimate of drug-likeness (QED) is 0.650. The van der Waals surface area contributed by atoms with E-state index in [0.29, 0.717) is 26.4 Å². The number of nitrogens with one attached hydrogen (secondary N) is 1. The van der Waals surface area contributed by atoms with Gasteiger partial charge in [0.25, 0.3) is 5.91 Å². The Bertz CT molecular complexity index is 733. The highest BCUT2D eigenvalue weighted by atomic mass is 35.5. The molecule has 2 rings (SSSR count). The lowest BCUT2D eigenvalue weighted by molar-refractivity contribution is 0.0952. The summed E-state index contributed by atoms with van der Waals surface area (Å²) >= 11 is 17.8. The van der Waals surface area contributed by atoms with Crippen LogP contribution < -0.4 is 10.2 Å². The van der Waals surface area contributed by atoms with Gasteiger partial charge in [0, 0.05) is 10.6 Å². The zero-order valence-corrected chi connectivity index (χ0v) is 13.7. The fourth-order valence-electron chi connectivity index (χ4n) is 1.70. The largest absolute Gasteiger partial charge is 0.496 e. The van der Waals surface area contributed by atoms with E-state index in [1.54, 1.807) is 30.3 Å². The van der Waals surface area contributed by atoms with Gasteiger partial charge in [-0.15, -0.1) is 0 Å². The summed E-state index contributed by atoms with van der Waals surface area (Å²) in [6, 6.07) is 9.86. The topological polar surface area (TPSA) is 50.7 Å². The number of rotatable bonds is 4. The van der Waals surface area contributed by atoms with Crippen molar-refractivity contribution in [2.75, 3.05) is 7.11 Å². The van der Waals surface area contributed by atoms with Crippen LogP contribution in [0, 0.1) is 0 Å². The minimum absolute atomic E-state index is 0.282. The van der Waals surface area contributed by atoms with Gasteiger partial charge in [-0.1, -0.05) is 46.9 Å². The molecule has 0 atom stereocenters. The van der Waals surface area contributed by atoms with Gasteiger partial charge in [-0.25, -0.2) is 5.43 Å². The molecule has 0 heterocycles. The Morgan fingerprint density at radius 3 is 2.73 bits per heavy atom. The first-order valence-corrected chi connectivity index (χ1v) is 7.27. The van der Waals surface area contributed by atoms with Crippen molar-refractivity contribution in [2.24, 2.45) is 5.10 Å². The lowest BCUT2D eigenvalue weighted by Gasteiger charge is -2.07. The van der Waals surface area contributed by atoms with Crippen LogP contribution >= 0.6 is 34.8 Å². The Kier molecular flexibility index (Phi) is 5.66. The molecule has 2 aromatic carbocycles. The molecule has 7 heteroatoms.